The average molecular weight is 406 g/mol. The maximum Gasteiger partial charge on any atom is 0.418 e. The number of carbonyl (C=O) groups is 2. The highest BCUT2D eigenvalue weighted by Crippen LogP contribution is 2.36. The van der Waals surface area contributed by atoms with Crippen molar-refractivity contribution < 1.29 is 22.8 Å². The van der Waals surface area contributed by atoms with Crippen molar-refractivity contribution in [1.29, 1.82) is 0 Å². The van der Waals surface area contributed by atoms with E-state index in [2.05, 4.69) is 5.32 Å². The van der Waals surface area contributed by atoms with Crippen molar-refractivity contribution in [1.82, 2.24) is 9.80 Å². The van der Waals surface area contributed by atoms with E-state index in [0.29, 0.717) is 25.9 Å². The number of carbonyl (C=O) groups excluding carboxylic acids is 2. The summed E-state index contributed by atoms with van der Waals surface area (Å²) in [5.41, 5.74) is -1.30. The van der Waals surface area contributed by atoms with E-state index in [1.165, 1.54) is 6.07 Å². The SMILES string of the molecule is CC(C(=O)Nc1ccc(Cl)cc1C(F)(F)F)N1CCC(C(=O)N(C)C)CC1. The van der Waals surface area contributed by atoms with Gasteiger partial charge in [0.25, 0.3) is 0 Å². The number of amides is 2. The predicted molar refractivity (Wildman–Crippen MR) is 97.5 cm³/mol. The molecule has 2 amide bonds. The molecule has 1 unspecified atom stereocenters. The van der Waals surface area contributed by atoms with Gasteiger partial charge in [-0.3, -0.25) is 14.5 Å². The van der Waals surface area contributed by atoms with E-state index >= 15 is 0 Å². The highest BCUT2D eigenvalue weighted by atomic mass is 35.5. The Hall–Kier alpha value is -1.80. The smallest absolute Gasteiger partial charge is 0.349 e. The monoisotopic (exact) mass is 405 g/mol. The molecule has 1 saturated heterocycles. The van der Waals surface area contributed by atoms with Crippen molar-refractivity contribution in [2.45, 2.75) is 32.0 Å². The number of piperidine rings is 1. The first-order chi connectivity index (χ1) is 12.5. The summed E-state index contributed by atoms with van der Waals surface area (Å²) in [6.07, 6.45) is -3.39. The van der Waals surface area contributed by atoms with E-state index < -0.39 is 23.7 Å². The highest BCUT2D eigenvalue weighted by Gasteiger charge is 2.35. The number of alkyl halides is 3. The van der Waals surface area contributed by atoms with Crippen LogP contribution in [0.15, 0.2) is 18.2 Å². The number of hydrogen-bond acceptors (Lipinski definition) is 3. The molecule has 27 heavy (non-hydrogen) atoms. The fraction of sp³-hybridized carbons (Fsp3) is 0.556. The van der Waals surface area contributed by atoms with Crippen LogP contribution in [0.4, 0.5) is 18.9 Å². The second-order valence-electron chi connectivity index (χ2n) is 6.90. The highest BCUT2D eigenvalue weighted by molar-refractivity contribution is 6.30. The third kappa shape index (κ3) is 5.35. The van der Waals surface area contributed by atoms with Gasteiger partial charge in [0.05, 0.1) is 17.3 Å². The minimum atomic E-state index is -4.62. The van der Waals surface area contributed by atoms with Gasteiger partial charge in [-0.25, -0.2) is 0 Å². The van der Waals surface area contributed by atoms with Crippen LogP contribution in [0.25, 0.3) is 0 Å². The van der Waals surface area contributed by atoms with Gasteiger partial charge in [-0.1, -0.05) is 11.6 Å². The lowest BCUT2D eigenvalue weighted by atomic mass is 9.94. The molecule has 1 N–H and O–H groups in total. The molecule has 2 rings (SSSR count). The molecule has 9 heteroatoms. The quantitative estimate of drug-likeness (QED) is 0.834. The molecule has 1 heterocycles. The predicted octanol–water partition coefficient (Wildman–Crippen LogP) is 3.49. The van der Waals surface area contributed by atoms with Crippen LogP contribution in [0.1, 0.15) is 25.3 Å². The van der Waals surface area contributed by atoms with Crippen molar-refractivity contribution in [3.8, 4) is 0 Å². The van der Waals surface area contributed by atoms with Crippen LogP contribution in [0.2, 0.25) is 5.02 Å². The summed E-state index contributed by atoms with van der Waals surface area (Å²) in [4.78, 5) is 27.9. The average Bonchev–Trinajstić information content (AvgIpc) is 2.61. The Kier molecular flexibility index (Phi) is 6.75. The molecule has 5 nitrogen and oxygen atoms in total. The molecule has 0 aliphatic carbocycles. The number of nitrogens with one attached hydrogen (secondary N) is 1. The molecule has 150 valence electrons. The summed E-state index contributed by atoms with van der Waals surface area (Å²) in [6.45, 7) is 2.71. The van der Waals surface area contributed by atoms with Gasteiger partial charge < -0.3 is 10.2 Å². The number of likely N-dealkylation sites (tertiary alicyclic amines) is 1. The van der Waals surface area contributed by atoms with Gasteiger partial charge in [0, 0.05) is 25.0 Å². The Morgan fingerprint density at radius 2 is 1.85 bits per heavy atom. The van der Waals surface area contributed by atoms with Gasteiger partial charge in [0.15, 0.2) is 0 Å². The van der Waals surface area contributed by atoms with Crippen molar-refractivity contribution >= 4 is 29.1 Å². The van der Waals surface area contributed by atoms with Crippen LogP contribution in [0.3, 0.4) is 0 Å². The minimum absolute atomic E-state index is 0.0546. The first-order valence-electron chi connectivity index (χ1n) is 8.63. The van der Waals surface area contributed by atoms with E-state index in [1.807, 2.05) is 4.90 Å². The van der Waals surface area contributed by atoms with Crippen molar-refractivity contribution in [2.24, 2.45) is 5.92 Å². The first kappa shape index (κ1) is 21.5. The molecule has 1 aliphatic heterocycles. The molecule has 0 aromatic heterocycles. The first-order valence-corrected chi connectivity index (χ1v) is 9.01. The van der Waals surface area contributed by atoms with Crippen LogP contribution >= 0.6 is 11.6 Å². The lowest BCUT2D eigenvalue weighted by Crippen LogP contribution is -2.48. The van der Waals surface area contributed by atoms with Gasteiger partial charge in [-0.15, -0.1) is 0 Å². The Morgan fingerprint density at radius 3 is 2.37 bits per heavy atom. The topological polar surface area (TPSA) is 52.7 Å². The number of hydrogen-bond donors (Lipinski definition) is 1. The molecule has 1 aromatic carbocycles. The van der Waals surface area contributed by atoms with Crippen LogP contribution in [0, 0.1) is 5.92 Å². The molecular formula is C18H23ClF3N3O2. The number of rotatable bonds is 4. The summed E-state index contributed by atoms with van der Waals surface area (Å²) < 4.78 is 39.5. The normalized spacial score (nSPS) is 17.4. The largest absolute Gasteiger partial charge is 0.418 e. The second-order valence-corrected chi connectivity index (χ2v) is 7.33. The zero-order valence-corrected chi connectivity index (χ0v) is 16.2. The Labute approximate surface area is 161 Å². The Balaban J connectivity index is 2.02. The number of nitrogens with zero attached hydrogens (tertiary/aromatic N) is 2. The molecule has 0 radical (unpaired) electrons. The number of anilines is 1. The third-order valence-electron chi connectivity index (χ3n) is 4.79. The van der Waals surface area contributed by atoms with E-state index in [9.17, 15) is 22.8 Å². The van der Waals surface area contributed by atoms with Gasteiger partial charge in [0.1, 0.15) is 0 Å². The van der Waals surface area contributed by atoms with Crippen LogP contribution in [-0.4, -0.2) is 54.8 Å². The Morgan fingerprint density at radius 1 is 1.26 bits per heavy atom. The van der Waals surface area contributed by atoms with Crippen LogP contribution in [-0.2, 0) is 15.8 Å². The molecule has 0 spiro atoms. The second kappa shape index (κ2) is 8.48. The molecule has 1 fully saturated rings. The summed E-state index contributed by atoms with van der Waals surface area (Å²) >= 11 is 5.65. The summed E-state index contributed by atoms with van der Waals surface area (Å²) in [5, 5.41) is 2.30. The molecule has 0 bridgehead atoms. The lowest BCUT2D eigenvalue weighted by Gasteiger charge is -2.35. The number of halogens is 4. The molecule has 1 atom stereocenters. The van der Waals surface area contributed by atoms with Gasteiger partial charge in [0.2, 0.25) is 11.8 Å². The summed E-state index contributed by atoms with van der Waals surface area (Å²) in [6, 6.07) is 2.63. The molecule has 1 aliphatic rings. The van der Waals surface area contributed by atoms with E-state index in [1.54, 1.807) is 25.9 Å². The standard InChI is InChI=1S/C18H23ClF3N3O2/c1-11(25-8-6-12(7-9-25)17(27)24(2)3)16(26)23-15-5-4-13(19)10-14(15)18(20,21)22/h4-5,10-12H,6-9H2,1-3H3,(H,23,26). The van der Waals surface area contributed by atoms with Gasteiger partial charge in [-0.05, 0) is 51.1 Å². The Bertz CT molecular complexity index is 702. The zero-order valence-electron chi connectivity index (χ0n) is 15.4. The van der Waals surface area contributed by atoms with Crippen molar-refractivity contribution in [2.75, 3.05) is 32.5 Å². The van der Waals surface area contributed by atoms with E-state index in [4.69, 9.17) is 11.6 Å². The van der Waals surface area contributed by atoms with E-state index in [0.717, 1.165) is 12.1 Å². The molecule has 0 saturated carbocycles. The number of benzene rings is 1. The van der Waals surface area contributed by atoms with Crippen molar-refractivity contribution in [3.63, 3.8) is 0 Å². The van der Waals surface area contributed by atoms with E-state index in [-0.39, 0.29) is 22.5 Å². The molecule has 1 aromatic rings. The van der Waals surface area contributed by atoms with Crippen molar-refractivity contribution in [3.05, 3.63) is 28.8 Å². The van der Waals surface area contributed by atoms with Gasteiger partial charge >= 0.3 is 6.18 Å². The fourth-order valence-corrected chi connectivity index (χ4v) is 3.33. The van der Waals surface area contributed by atoms with Crippen LogP contribution < -0.4 is 5.32 Å². The molecular weight excluding hydrogens is 383 g/mol. The fourth-order valence-electron chi connectivity index (χ4n) is 3.16. The maximum atomic E-state index is 13.2. The van der Waals surface area contributed by atoms with Crippen LogP contribution in [0.5, 0.6) is 0 Å². The van der Waals surface area contributed by atoms with Gasteiger partial charge in [-0.2, -0.15) is 13.2 Å². The minimum Gasteiger partial charge on any atom is -0.349 e. The summed E-state index contributed by atoms with van der Waals surface area (Å²) in [5.74, 6) is -0.553. The summed E-state index contributed by atoms with van der Waals surface area (Å²) in [7, 11) is 3.41. The zero-order chi connectivity index (χ0) is 20.4. The third-order valence-corrected chi connectivity index (χ3v) is 5.03. The maximum absolute atomic E-state index is 13.2. The lowest BCUT2D eigenvalue weighted by molar-refractivity contribution is -0.137.